The molecule has 2 bridgehead atoms. The third-order valence-corrected chi connectivity index (χ3v) is 6.06. The minimum Gasteiger partial charge on any atom is -0.337 e. The summed E-state index contributed by atoms with van der Waals surface area (Å²) in [6.45, 7) is 3.98. The highest BCUT2D eigenvalue weighted by Gasteiger charge is 2.62. The summed E-state index contributed by atoms with van der Waals surface area (Å²) in [4.78, 5) is 21.0. The number of fused-ring (bicyclic) bond motifs is 2. The van der Waals surface area contributed by atoms with E-state index in [4.69, 9.17) is 16.1 Å². The SMILES string of the molecule is Cc1noc(C23CC(C[C@H](C)C2)N3C(=O)Nc2ccc(Cl)c(-n3nccn3)c2)n1. The number of nitrogens with one attached hydrogen (secondary N) is 1. The zero-order chi connectivity index (χ0) is 20.2. The van der Waals surface area contributed by atoms with Crippen LogP contribution in [0.25, 0.3) is 5.69 Å². The summed E-state index contributed by atoms with van der Waals surface area (Å²) >= 11 is 6.27. The van der Waals surface area contributed by atoms with Gasteiger partial charge >= 0.3 is 6.03 Å². The van der Waals surface area contributed by atoms with E-state index in [-0.39, 0.29) is 12.1 Å². The van der Waals surface area contributed by atoms with E-state index < -0.39 is 5.54 Å². The van der Waals surface area contributed by atoms with Crippen molar-refractivity contribution in [1.29, 1.82) is 0 Å². The first-order valence-electron chi connectivity index (χ1n) is 9.53. The number of amides is 2. The van der Waals surface area contributed by atoms with Gasteiger partial charge in [0.15, 0.2) is 5.82 Å². The van der Waals surface area contributed by atoms with Crippen molar-refractivity contribution in [2.24, 2.45) is 5.92 Å². The Morgan fingerprint density at radius 3 is 2.83 bits per heavy atom. The molecule has 2 amide bonds. The van der Waals surface area contributed by atoms with Gasteiger partial charge in [0.1, 0.15) is 11.2 Å². The number of anilines is 1. The van der Waals surface area contributed by atoms with Crippen LogP contribution in [0.2, 0.25) is 5.02 Å². The van der Waals surface area contributed by atoms with Crippen molar-refractivity contribution >= 4 is 23.3 Å². The highest BCUT2D eigenvalue weighted by Crippen LogP contribution is 2.55. The van der Waals surface area contributed by atoms with E-state index in [1.165, 1.54) is 4.80 Å². The average Bonchev–Trinajstić information content (AvgIpc) is 3.34. The Bertz CT molecular complexity index is 1070. The van der Waals surface area contributed by atoms with Gasteiger partial charge in [0.05, 0.1) is 17.4 Å². The van der Waals surface area contributed by atoms with E-state index in [0.29, 0.717) is 34.0 Å². The molecule has 9 nitrogen and oxygen atoms in total. The normalized spacial score (nSPS) is 25.6. The van der Waals surface area contributed by atoms with Gasteiger partial charge in [-0.15, -0.1) is 0 Å². The van der Waals surface area contributed by atoms with Crippen LogP contribution in [0.3, 0.4) is 0 Å². The van der Waals surface area contributed by atoms with Crippen LogP contribution in [0.4, 0.5) is 10.5 Å². The summed E-state index contributed by atoms with van der Waals surface area (Å²) in [5, 5.41) is 15.6. The number of nitrogens with zero attached hydrogens (tertiary/aromatic N) is 6. The number of likely N-dealkylation sites (tertiary alicyclic amines) is 1. The fourth-order valence-corrected chi connectivity index (χ4v) is 4.90. The van der Waals surface area contributed by atoms with Gasteiger partial charge in [-0.25, -0.2) is 4.79 Å². The van der Waals surface area contributed by atoms with Crippen molar-refractivity contribution in [2.75, 3.05) is 5.32 Å². The average molecular weight is 414 g/mol. The Balaban J connectivity index is 1.43. The van der Waals surface area contributed by atoms with Crippen molar-refractivity contribution in [1.82, 2.24) is 30.0 Å². The molecule has 1 aromatic carbocycles. The number of benzene rings is 1. The van der Waals surface area contributed by atoms with E-state index in [1.54, 1.807) is 37.5 Å². The number of halogens is 1. The van der Waals surface area contributed by atoms with Gasteiger partial charge in [0, 0.05) is 18.2 Å². The minimum atomic E-state index is -0.535. The number of hydrogen-bond acceptors (Lipinski definition) is 6. The lowest BCUT2D eigenvalue weighted by atomic mass is 9.64. The maximum Gasteiger partial charge on any atom is 0.323 e. The quantitative estimate of drug-likeness (QED) is 0.704. The van der Waals surface area contributed by atoms with Gasteiger partial charge in [-0.1, -0.05) is 23.7 Å². The molecule has 1 N–H and O–H groups in total. The highest BCUT2D eigenvalue weighted by molar-refractivity contribution is 6.32. The summed E-state index contributed by atoms with van der Waals surface area (Å²) in [7, 11) is 0. The molecular formula is C19H20ClN7O2. The van der Waals surface area contributed by atoms with E-state index in [1.807, 2.05) is 4.90 Å². The molecule has 1 aliphatic heterocycles. The fourth-order valence-electron chi connectivity index (χ4n) is 4.70. The molecule has 2 aliphatic rings. The van der Waals surface area contributed by atoms with Crippen molar-refractivity contribution < 1.29 is 9.32 Å². The molecule has 2 unspecified atom stereocenters. The number of carbonyl (C=O) groups excluding carboxylic acids is 1. The number of hydrogen-bond donors (Lipinski definition) is 1. The van der Waals surface area contributed by atoms with Crippen LogP contribution in [0.1, 0.15) is 37.9 Å². The molecule has 5 rings (SSSR count). The van der Waals surface area contributed by atoms with E-state index >= 15 is 0 Å². The Kier molecular flexibility index (Phi) is 4.09. The molecule has 1 saturated heterocycles. The predicted octanol–water partition coefficient (Wildman–Crippen LogP) is 3.54. The van der Waals surface area contributed by atoms with E-state index in [9.17, 15) is 4.79 Å². The van der Waals surface area contributed by atoms with Crippen LogP contribution in [0.5, 0.6) is 0 Å². The summed E-state index contributed by atoms with van der Waals surface area (Å²) in [5.74, 6) is 1.58. The number of urea groups is 1. The summed E-state index contributed by atoms with van der Waals surface area (Å²) in [6, 6.07) is 5.19. The zero-order valence-electron chi connectivity index (χ0n) is 16.0. The van der Waals surface area contributed by atoms with Gasteiger partial charge in [-0.05, 0) is 43.9 Å². The maximum atomic E-state index is 13.2. The zero-order valence-corrected chi connectivity index (χ0v) is 16.8. The number of carbonyl (C=O) groups is 1. The first-order valence-corrected chi connectivity index (χ1v) is 9.91. The summed E-state index contributed by atoms with van der Waals surface area (Å²) in [5.41, 5.74) is 0.669. The van der Waals surface area contributed by atoms with Crippen molar-refractivity contribution in [3.8, 4) is 5.69 Å². The molecule has 0 spiro atoms. The molecule has 150 valence electrons. The molecule has 29 heavy (non-hydrogen) atoms. The third kappa shape index (κ3) is 2.88. The second kappa shape index (κ2) is 6.55. The number of rotatable bonds is 3. The molecule has 0 radical (unpaired) electrons. The predicted molar refractivity (Wildman–Crippen MR) is 105 cm³/mol. The maximum absolute atomic E-state index is 13.2. The van der Waals surface area contributed by atoms with Crippen LogP contribution in [0.15, 0.2) is 35.1 Å². The molecular weight excluding hydrogens is 394 g/mol. The molecule has 1 saturated carbocycles. The minimum absolute atomic E-state index is 0.158. The topological polar surface area (TPSA) is 102 Å². The van der Waals surface area contributed by atoms with Crippen LogP contribution >= 0.6 is 11.6 Å². The molecule has 3 aromatic rings. The molecule has 3 heterocycles. The third-order valence-electron chi connectivity index (χ3n) is 5.74. The second-order valence-corrected chi connectivity index (χ2v) is 8.27. The first kappa shape index (κ1) is 18.1. The fraction of sp³-hybridized carbons (Fsp3) is 0.421. The smallest absolute Gasteiger partial charge is 0.323 e. The molecule has 10 heteroatoms. The van der Waals surface area contributed by atoms with Gasteiger partial charge < -0.3 is 14.7 Å². The Hall–Kier alpha value is -2.94. The Morgan fingerprint density at radius 2 is 2.10 bits per heavy atom. The molecule has 1 aliphatic carbocycles. The van der Waals surface area contributed by atoms with Crippen LogP contribution in [0, 0.1) is 12.8 Å². The lowest BCUT2D eigenvalue weighted by molar-refractivity contribution is -0.111. The van der Waals surface area contributed by atoms with Gasteiger partial charge in [-0.3, -0.25) is 0 Å². The summed E-state index contributed by atoms with van der Waals surface area (Å²) in [6.07, 6.45) is 5.75. The largest absolute Gasteiger partial charge is 0.337 e. The van der Waals surface area contributed by atoms with Gasteiger partial charge in [0.2, 0.25) is 0 Å². The number of piperidine rings is 1. The Morgan fingerprint density at radius 1 is 1.31 bits per heavy atom. The van der Waals surface area contributed by atoms with Crippen LogP contribution in [-0.2, 0) is 5.54 Å². The van der Waals surface area contributed by atoms with E-state index in [2.05, 4.69) is 32.6 Å². The number of aromatic nitrogens is 5. The lowest BCUT2D eigenvalue weighted by Crippen LogP contribution is -2.70. The second-order valence-electron chi connectivity index (χ2n) is 7.87. The first-order chi connectivity index (χ1) is 14.0. The monoisotopic (exact) mass is 413 g/mol. The molecule has 2 aromatic heterocycles. The van der Waals surface area contributed by atoms with Gasteiger partial charge in [-0.2, -0.15) is 20.0 Å². The Labute approximate surface area is 172 Å². The molecule has 2 fully saturated rings. The van der Waals surface area contributed by atoms with Gasteiger partial charge in [0.25, 0.3) is 5.89 Å². The van der Waals surface area contributed by atoms with Crippen LogP contribution < -0.4 is 5.32 Å². The lowest BCUT2D eigenvalue weighted by Gasteiger charge is -2.61. The number of aryl methyl sites for hydroxylation is 1. The van der Waals surface area contributed by atoms with Crippen molar-refractivity contribution in [2.45, 2.75) is 44.7 Å². The molecule has 3 atom stereocenters. The van der Waals surface area contributed by atoms with Crippen LogP contribution in [-0.4, -0.2) is 42.1 Å². The van der Waals surface area contributed by atoms with Crippen molar-refractivity contribution in [3.05, 3.63) is 47.3 Å². The highest BCUT2D eigenvalue weighted by atomic mass is 35.5. The van der Waals surface area contributed by atoms with Crippen molar-refractivity contribution in [3.63, 3.8) is 0 Å². The summed E-state index contributed by atoms with van der Waals surface area (Å²) < 4.78 is 5.49. The van der Waals surface area contributed by atoms with E-state index in [0.717, 1.165) is 19.3 Å². The standard InChI is InChI=1S/C19H20ClN7O2/c1-11-7-14-10-19(9-11,17-23-12(2)25-29-17)26(14)18(28)24-13-3-4-15(20)16(8-13)27-21-5-6-22-27/h3-6,8,11,14H,7,9-10H2,1-2H3,(H,24,28)/t11-,14?,19?/m0/s1.